The van der Waals surface area contributed by atoms with Gasteiger partial charge in [-0.05, 0) is 80.1 Å². The Morgan fingerprint density at radius 3 is 1.58 bits per heavy atom. The summed E-state index contributed by atoms with van der Waals surface area (Å²) in [6, 6.07) is 66.8. The van der Waals surface area contributed by atoms with Crippen molar-refractivity contribution in [2.24, 2.45) is 5.92 Å². The van der Waals surface area contributed by atoms with Gasteiger partial charge in [0.1, 0.15) is 11.5 Å². The normalized spacial score (nSPS) is 19.2. The van der Waals surface area contributed by atoms with Crippen LogP contribution in [0.15, 0.2) is 200 Å². The fourth-order valence-corrected chi connectivity index (χ4v) is 9.69. The summed E-state index contributed by atoms with van der Waals surface area (Å²) in [5, 5.41) is 0. The SMILES string of the molecule is CC1C=CC2=C(C1)C(c1ccccc1)(c1ccccc1-c1cccc3c1C(c1ccccc1)(c1ccccc1)c1ccccc1O3)c1ccccc12. The van der Waals surface area contributed by atoms with E-state index < -0.39 is 10.8 Å². The Morgan fingerprint density at radius 2 is 0.923 bits per heavy atom. The van der Waals surface area contributed by atoms with Gasteiger partial charge in [-0.1, -0.05) is 189 Å². The van der Waals surface area contributed by atoms with Crippen LogP contribution in [0.4, 0.5) is 0 Å². The molecule has 2 aliphatic carbocycles. The van der Waals surface area contributed by atoms with E-state index in [0.29, 0.717) is 5.92 Å². The van der Waals surface area contributed by atoms with Gasteiger partial charge in [0.15, 0.2) is 0 Å². The van der Waals surface area contributed by atoms with E-state index in [9.17, 15) is 0 Å². The predicted octanol–water partition coefficient (Wildman–Crippen LogP) is 12.5. The van der Waals surface area contributed by atoms with Crippen molar-refractivity contribution < 1.29 is 4.74 Å². The topological polar surface area (TPSA) is 9.23 Å². The molecule has 0 aromatic heterocycles. The second kappa shape index (κ2) is 12.0. The summed E-state index contributed by atoms with van der Waals surface area (Å²) in [7, 11) is 0. The summed E-state index contributed by atoms with van der Waals surface area (Å²) in [5.41, 5.74) is 14.1. The van der Waals surface area contributed by atoms with Crippen molar-refractivity contribution in [1.29, 1.82) is 0 Å². The summed E-state index contributed by atoms with van der Waals surface area (Å²) in [4.78, 5) is 0. The summed E-state index contributed by atoms with van der Waals surface area (Å²) in [5.74, 6) is 2.20. The minimum absolute atomic E-state index is 0.432. The zero-order chi connectivity index (χ0) is 34.7. The van der Waals surface area contributed by atoms with Crippen molar-refractivity contribution in [3.8, 4) is 22.6 Å². The average molecular weight is 667 g/mol. The molecule has 0 saturated carbocycles. The fourth-order valence-electron chi connectivity index (χ4n) is 9.69. The number of hydrogen-bond donors (Lipinski definition) is 0. The predicted molar refractivity (Wildman–Crippen MR) is 213 cm³/mol. The minimum atomic E-state index is -0.642. The van der Waals surface area contributed by atoms with Crippen LogP contribution in [0.3, 0.4) is 0 Å². The standard InChI is InChI=1S/C51H38O/c1-35-32-33-41-39-24-11-13-27-43(39)51(46(41)34-35,38-22-9-4-10-23-38)44-28-14-12-25-40(44)42-26-17-31-48-49(42)50(36-18-5-2-6-19-36,37-20-7-3-8-21-37)45-29-15-16-30-47(45)52-48/h2-33,35H,34H2,1H3. The van der Waals surface area contributed by atoms with Crippen LogP contribution < -0.4 is 4.74 Å². The lowest BCUT2D eigenvalue weighted by Gasteiger charge is -2.43. The molecule has 52 heavy (non-hydrogen) atoms. The molecule has 0 radical (unpaired) electrons. The Hall–Kier alpha value is -6.18. The second-order valence-electron chi connectivity index (χ2n) is 14.4. The highest BCUT2D eigenvalue weighted by Crippen LogP contribution is 2.62. The Labute approximate surface area is 306 Å². The molecular weight excluding hydrogens is 629 g/mol. The molecule has 7 aromatic rings. The maximum absolute atomic E-state index is 6.95. The van der Waals surface area contributed by atoms with Gasteiger partial charge < -0.3 is 4.74 Å². The van der Waals surface area contributed by atoms with Gasteiger partial charge in [0.2, 0.25) is 0 Å². The number of para-hydroxylation sites is 1. The minimum Gasteiger partial charge on any atom is -0.457 e. The molecule has 3 aliphatic rings. The summed E-state index contributed by atoms with van der Waals surface area (Å²) in [6.45, 7) is 2.35. The van der Waals surface area contributed by atoms with Gasteiger partial charge in [-0.25, -0.2) is 0 Å². The molecule has 0 spiro atoms. The Balaban J connectivity index is 1.35. The molecule has 0 amide bonds. The number of rotatable bonds is 5. The molecule has 2 unspecified atom stereocenters. The van der Waals surface area contributed by atoms with Gasteiger partial charge in [-0.15, -0.1) is 0 Å². The first-order valence-electron chi connectivity index (χ1n) is 18.4. The van der Waals surface area contributed by atoms with Crippen molar-refractivity contribution >= 4 is 5.57 Å². The van der Waals surface area contributed by atoms with Crippen molar-refractivity contribution in [2.75, 3.05) is 0 Å². The van der Waals surface area contributed by atoms with E-state index in [1.54, 1.807) is 0 Å². The monoisotopic (exact) mass is 666 g/mol. The molecule has 248 valence electrons. The highest BCUT2D eigenvalue weighted by atomic mass is 16.5. The van der Waals surface area contributed by atoms with E-state index in [2.05, 4.69) is 201 Å². The van der Waals surface area contributed by atoms with E-state index in [-0.39, 0.29) is 0 Å². The molecule has 10 rings (SSSR count). The van der Waals surface area contributed by atoms with Crippen LogP contribution in [0, 0.1) is 5.92 Å². The van der Waals surface area contributed by atoms with E-state index in [1.807, 2.05) is 0 Å². The lowest BCUT2D eigenvalue weighted by atomic mass is 9.60. The summed E-state index contributed by atoms with van der Waals surface area (Å²) < 4.78 is 6.95. The molecule has 1 heteroatoms. The van der Waals surface area contributed by atoms with Gasteiger partial charge >= 0.3 is 0 Å². The molecule has 1 aliphatic heterocycles. The number of allylic oxidation sites excluding steroid dienone is 4. The lowest BCUT2D eigenvalue weighted by molar-refractivity contribution is 0.435. The van der Waals surface area contributed by atoms with Gasteiger partial charge in [0.25, 0.3) is 0 Å². The molecule has 0 N–H and O–H groups in total. The van der Waals surface area contributed by atoms with Crippen LogP contribution in [-0.4, -0.2) is 0 Å². The van der Waals surface area contributed by atoms with Crippen molar-refractivity contribution in [1.82, 2.24) is 0 Å². The van der Waals surface area contributed by atoms with Crippen molar-refractivity contribution in [2.45, 2.75) is 24.2 Å². The first kappa shape index (κ1) is 30.6. The molecule has 2 atom stereocenters. The first-order chi connectivity index (χ1) is 25.7. The Morgan fingerprint density at radius 1 is 0.442 bits per heavy atom. The molecule has 1 heterocycles. The first-order valence-corrected chi connectivity index (χ1v) is 18.4. The maximum Gasteiger partial charge on any atom is 0.132 e. The molecule has 0 fully saturated rings. The highest BCUT2D eigenvalue weighted by Gasteiger charge is 2.51. The summed E-state index contributed by atoms with van der Waals surface area (Å²) in [6.07, 6.45) is 5.77. The molecule has 0 bridgehead atoms. The van der Waals surface area contributed by atoms with Crippen LogP contribution in [0.1, 0.15) is 57.9 Å². The van der Waals surface area contributed by atoms with Gasteiger partial charge in [0, 0.05) is 11.1 Å². The van der Waals surface area contributed by atoms with Gasteiger partial charge in [-0.3, -0.25) is 0 Å². The van der Waals surface area contributed by atoms with Crippen LogP contribution in [0.25, 0.3) is 16.7 Å². The Kier molecular flexibility index (Phi) is 7.05. The van der Waals surface area contributed by atoms with Crippen LogP contribution in [0.5, 0.6) is 11.5 Å². The van der Waals surface area contributed by atoms with Crippen LogP contribution >= 0.6 is 0 Å². The molecule has 0 saturated heterocycles. The largest absolute Gasteiger partial charge is 0.457 e. The molecular formula is C51H38O. The quantitative estimate of drug-likeness (QED) is 0.178. The zero-order valence-corrected chi connectivity index (χ0v) is 29.2. The lowest BCUT2D eigenvalue weighted by Crippen LogP contribution is -2.35. The third-order valence-electron chi connectivity index (χ3n) is 11.7. The van der Waals surface area contributed by atoms with Gasteiger partial charge in [0.05, 0.1) is 10.8 Å². The van der Waals surface area contributed by atoms with E-state index in [0.717, 1.165) is 23.5 Å². The van der Waals surface area contributed by atoms with Gasteiger partial charge in [-0.2, -0.15) is 0 Å². The maximum atomic E-state index is 6.95. The smallest absolute Gasteiger partial charge is 0.132 e. The number of ether oxygens (including phenoxy) is 1. The third-order valence-corrected chi connectivity index (χ3v) is 11.7. The second-order valence-corrected chi connectivity index (χ2v) is 14.4. The molecule has 7 aromatic carbocycles. The van der Waals surface area contributed by atoms with E-state index in [1.165, 1.54) is 61.2 Å². The Bertz CT molecular complexity index is 2490. The third kappa shape index (κ3) is 4.23. The van der Waals surface area contributed by atoms with Crippen molar-refractivity contribution in [3.05, 3.63) is 244 Å². The van der Waals surface area contributed by atoms with Crippen molar-refractivity contribution in [3.63, 3.8) is 0 Å². The van der Waals surface area contributed by atoms with E-state index >= 15 is 0 Å². The number of benzene rings is 7. The van der Waals surface area contributed by atoms with E-state index in [4.69, 9.17) is 4.74 Å². The van der Waals surface area contributed by atoms with Crippen LogP contribution in [0.2, 0.25) is 0 Å². The summed E-state index contributed by atoms with van der Waals surface area (Å²) >= 11 is 0. The number of fused-ring (bicyclic) bond motifs is 4. The average Bonchev–Trinajstić information content (AvgIpc) is 3.50. The fraction of sp³-hybridized carbons (Fsp3) is 0.0980. The highest BCUT2D eigenvalue weighted by molar-refractivity contribution is 5.93. The zero-order valence-electron chi connectivity index (χ0n) is 29.2. The van der Waals surface area contributed by atoms with Crippen LogP contribution in [-0.2, 0) is 10.8 Å². The molecule has 1 nitrogen and oxygen atoms in total. The number of hydrogen-bond acceptors (Lipinski definition) is 1.